The van der Waals surface area contributed by atoms with E-state index in [1.807, 2.05) is 6.92 Å². The highest BCUT2D eigenvalue weighted by Crippen LogP contribution is 2.48. The van der Waals surface area contributed by atoms with Gasteiger partial charge in [-0.05, 0) is 37.5 Å². The molecule has 2 amide bonds. The minimum absolute atomic E-state index is 0.191. The van der Waals surface area contributed by atoms with Crippen LogP contribution in [0.15, 0.2) is 24.4 Å². The molecule has 12 heteroatoms. The summed E-state index contributed by atoms with van der Waals surface area (Å²) in [5.74, 6) is -2.67. The molecule has 38 heavy (non-hydrogen) atoms. The van der Waals surface area contributed by atoms with Gasteiger partial charge in [-0.25, -0.2) is 23.1 Å². The van der Waals surface area contributed by atoms with E-state index < -0.39 is 46.8 Å². The van der Waals surface area contributed by atoms with Crippen molar-refractivity contribution < 1.29 is 32.2 Å². The molecule has 0 aliphatic carbocycles. The summed E-state index contributed by atoms with van der Waals surface area (Å²) in [6.45, 7) is 3.27. The Bertz CT molecular complexity index is 1280. The number of carbonyl (C=O) groups is 2. The summed E-state index contributed by atoms with van der Waals surface area (Å²) in [5.41, 5.74) is -1.38. The van der Waals surface area contributed by atoms with Crippen molar-refractivity contribution in [1.29, 1.82) is 0 Å². The lowest BCUT2D eigenvalue weighted by Gasteiger charge is -2.46. The van der Waals surface area contributed by atoms with Crippen molar-refractivity contribution in [2.24, 2.45) is 0 Å². The van der Waals surface area contributed by atoms with E-state index >= 15 is 0 Å². The first kappa shape index (κ1) is 25.1. The molecular formula is C26H28F3N5O4. The average Bonchev–Trinajstić information content (AvgIpc) is 3.39. The van der Waals surface area contributed by atoms with Crippen molar-refractivity contribution in [2.75, 3.05) is 38.2 Å². The zero-order valence-corrected chi connectivity index (χ0v) is 21.1. The Hall–Kier alpha value is -3.25. The molecule has 4 aliphatic rings. The van der Waals surface area contributed by atoms with Crippen LogP contribution in [0.3, 0.4) is 0 Å². The standard InChI is InChI=1S/C26H28F3N5O4/c1-25(37-2)13-33(14-25)22(35)21-18(29)12-30-24(31-21)32-7-5-26(6-8-32)23(36)34-19(3-4-20(34)38-26)15-9-16(27)11-17(28)10-15/h9-12,19-20H,3-8,13-14H2,1-2H3/t19-,20+/m0/s1. The van der Waals surface area contributed by atoms with Gasteiger partial charge in [-0.3, -0.25) is 9.59 Å². The normalized spacial score (nSPS) is 25.6. The third-order valence-electron chi connectivity index (χ3n) is 8.21. The van der Waals surface area contributed by atoms with Gasteiger partial charge in [-0.15, -0.1) is 0 Å². The van der Waals surface area contributed by atoms with Gasteiger partial charge in [-0.1, -0.05) is 0 Å². The van der Waals surface area contributed by atoms with Crippen molar-refractivity contribution in [3.63, 3.8) is 0 Å². The number of fused-ring (bicyclic) bond motifs is 1. The van der Waals surface area contributed by atoms with E-state index in [0.717, 1.165) is 12.3 Å². The SMILES string of the molecule is COC1(C)CN(C(=O)c2nc(N3CCC4(CC3)O[C@@H]3CC[C@@H](c5cc(F)cc(F)c5)N3C4=O)ncc2F)C1. The van der Waals surface area contributed by atoms with Crippen molar-refractivity contribution >= 4 is 17.8 Å². The van der Waals surface area contributed by atoms with Crippen LogP contribution < -0.4 is 4.90 Å². The van der Waals surface area contributed by atoms with Gasteiger partial charge in [0, 0.05) is 39.1 Å². The molecule has 4 saturated heterocycles. The number of amides is 2. The zero-order chi connectivity index (χ0) is 26.8. The lowest BCUT2D eigenvalue weighted by Crippen LogP contribution is -2.62. The Morgan fingerprint density at radius 2 is 1.79 bits per heavy atom. The predicted octanol–water partition coefficient (Wildman–Crippen LogP) is 2.81. The second kappa shape index (κ2) is 8.91. The second-order valence-corrected chi connectivity index (χ2v) is 10.7. The monoisotopic (exact) mass is 531 g/mol. The number of hydrogen-bond acceptors (Lipinski definition) is 7. The molecule has 6 rings (SSSR count). The molecule has 0 radical (unpaired) electrons. The summed E-state index contributed by atoms with van der Waals surface area (Å²) in [4.78, 5) is 39.7. The van der Waals surface area contributed by atoms with E-state index in [9.17, 15) is 22.8 Å². The van der Waals surface area contributed by atoms with Crippen LogP contribution in [0, 0.1) is 17.5 Å². The highest BCUT2D eigenvalue weighted by Gasteiger charge is 2.58. The maximum Gasteiger partial charge on any atom is 0.275 e. The molecule has 4 aliphatic heterocycles. The van der Waals surface area contributed by atoms with Crippen LogP contribution >= 0.6 is 0 Å². The van der Waals surface area contributed by atoms with Gasteiger partial charge in [0.15, 0.2) is 17.1 Å². The first-order valence-corrected chi connectivity index (χ1v) is 12.7. The molecule has 0 unspecified atom stereocenters. The third-order valence-corrected chi connectivity index (χ3v) is 8.21. The number of halogens is 3. The summed E-state index contributed by atoms with van der Waals surface area (Å²) in [5, 5.41) is 0. The average molecular weight is 532 g/mol. The van der Waals surface area contributed by atoms with Gasteiger partial charge < -0.3 is 24.2 Å². The number of methoxy groups -OCH3 is 1. The van der Waals surface area contributed by atoms with Crippen LogP contribution in [0.5, 0.6) is 0 Å². The highest BCUT2D eigenvalue weighted by atomic mass is 19.1. The van der Waals surface area contributed by atoms with Crippen molar-refractivity contribution in [1.82, 2.24) is 19.8 Å². The number of aromatic nitrogens is 2. The Kier molecular flexibility index (Phi) is 5.87. The fraction of sp³-hybridized carbons (Fsp3) is 0.538. The molecule has 4 fully saturated rings. The van der Waals surface area contributed by atoms with Gasteiger partial charge in [0.2, 0.25) is 5.95 Å². The molecule has 5 heterocycles. The Morgan fingerprint density at radius 1 is 1.11 bits per heavy atom. The van der Waals surface area contributed by atoms with E-state index in [1.54, 1.807) is 16.9 Å². The van der Waals surface area contributed by atoms with Gasteiger partial charge in [0.05, 0.1) is 25.3 Å². The van der Waals surface area contributed by atoms with Crippen LogP contribution in [0.25, 0.3) is 0 Å². The molecule has 2 aromatic rings. The van der Waals surface area contributed by atoms with Gasteiger partial charge >= 0.3 is 0 Å². The lowest BCUT2D eigenvalue weighted by molar-refractivity contribution is -0.140. The summed E-state index contributed by atoms with van der Waals surface area (Å²) >= 11 is 0. The number of carbonyl (C=O) groups excluding carboxylic acids is 2. The Morgan fingerprint density at radius 3 is 2.45 bits per heavy atom. The highest BCUT2D eigenvalue weighted by molar-refractivity contribution is 5.93. The van der Waals surface area contributed by atoms with Crippen LogP contribution in [0.4, 0.5) is 19.1 Å². The smallest absolute Gasteiger partial charge is 0.275 e. The molecule has 1 spiro atoms. The van der Waals surface area contributed by atoms with E-state index in [2.05, 4.69) is 9.97 Å². The number of likely N-dealkylation sites (tertiary alicyclic amines) is 1. The first-order valence-electron chi connectivity index (χ1n) is 12.7. The van der Waals surface area contributed by atoms with Crippen LogP contribution in [0.2, 0.25) is 0 Å². The van der Waals surface area contributed by atoms with E-state index in [1.165, 1.54) is 17.0 Å². The topological polar surface area (TPSA) is 88.1 Å². The van der Waals surface area contributed by atoms with Crippen LogP contribution in [-0.2, 0) is 14.3 Å². The summed E-state index contributed by atoms with van der Waals surface area (Å²) in [7, 11) is 1.57. The molecule has 1 aromatic heterocycles. The minimum atomic E-state index is -1.05. The van der Waals surface area contributed by atoms with Crippen molar-refractivity contribution in [3.05, 3.63) is 53.1 Å². The molecule has 202 valence electrons. The first-order chi connectivity index (χ1) is 18.1. The molecular weight excluding hydrogens is 503 g/mol. The molecule has 9 nitrogen and oxygen atoms in total. The maximum absolute atomic E-state index is 14.5. The quantitative estimate of drug-likeness (QED) is 0.600. The number of nitrogens with zero attached hydrogens (tertiary/aromatic N) is 5. The maximum atomic E-state index is 14.5. The largest absolute Gasteiger partial charge is 0.375 e. The molecule has 0 saturated carbocycles. The van der Waals surface area contributed by atoms with E-state index in [0.29, 0.717) is 57.4 Å². The Balaban J connectivity index is 1.15. The minimum Gasteiger partial charge on any atom is -0.375 e. The number of rotatable bonds is 4. The summed E-state index contributed by atoms with van der Waals surface area (Å²) in [6, 6.07) is 2.88. The lowest BCUT2D eigenvalue weighted by atomic mass is 9.89. The summed E-state index contributed by atoms with van der Waals surface area (Å²) < 4.78 is 53.8. The summed E-state index contributed by atoms with van der Waals surface area (Å²) in [6.07, 6.45) is 2.35. The van der Waals surface area contributed by atoms with E-state index in [-0.39, 0.29) is 17.5 Å². The molecule has 1 aromatic carbocycles. The Labute approximate surface area is 217 Å². The fourth-order valence-electron chi connectivity index (χ4n) is 6.05. The van der Waals surface area contributed by atoms with Gasteiger partial charge in [-0.2, -0.15) is 0 Å². The van der Waals surface area contributed by atoms with Crippen LogP contribution in [0.1, 0.15) is 54.7 Å². The number of ether oxygens (including phenoxy) is 2. The third kappa shape index (κ3) is 4.01. The van der Waals surface area contributed by atoms with Gasteiger partial charge in [0.25, 0.3) is 11.8 Å². The van der Waals surface area contributed by atoms with E-state index in [4.69, 9.17) is 9.47 Å². The van der Waals surface area contributed by atoms with Crippen molar-refractivity contribution in [2.45, 2.75) is 56.1 Å². The van der Waals surface area contributed by atoms with Gasteiger partial charge in [0.1, 0.15) is 23.5 Å². The molecule has 2 atom stereocenters. The molecule has 0 bridgehead atoms. The predicted molar refractivity (Wildman–Crippen MR) is 128 cm³/mol. The fourth-order valence-corrected chi connectivity index (χ4v) is 6.05. The van der Waals surface area contributed by atoms with Crippen LogP contribution in [-0.4, -0.2) is 82.3 Å². The number of hydrogen-bond donors (Lipinski definition) is 0. The zero-order valence-electron chi connectivity index (χ0n) is 21.1. The second-order valence-electron chi connectivity index (χ2n) is 10.7. The number of benzene rings is 1. The number of anilines is 1. The molecule has 0 N–H and O–H groups in total. The van der Waals surface area contributed by atoms with Crippen molar-refractivity contribution in [3.8, 4) is 0 Å². The number of piperidine rings is 1.